The van der Waals surface area contributed by atoms with Crippen molar-refractivity contribution in [2.24, 2.45) is 11.3 Å². The largest absolute Gasteiger partial charge is 0.417 e. The minimum absolute atomic E-state index is 0.0456. The van der Waals surface area contributed by atoms with Gasteiger partial charge in [-0.15, -0.1) is 0 Å². The molecule has 222 valence electrons. The van der Waals surface area contributed by atoms with E-state index in [0.717, 1.165) is 59.3 Å². The highest BCUT2D eigenvalue weighted by Gasteiger charge is 2.55. The Morgan fingerprint density at radius 2 is 1.76 bits per heavy atom. The van der Waals surface area contributed by atoms with Gasteiger partial charge in [-0.1, -0.05) is 47.1 Å². The van der Waals surface area contributed by atoms with Crippen molar-refractivity contribution in [3.8, 4) is 6.07 Å². The van der Waals surface area contributed by atoms with E-state index in [1.165, 1.54) is 18.6 Å². The van der Waals surface area contributed by atoms with Crippen LogP contribution in [0, 0.1) is 22.7 Å². The number of ether oxygens (including phenoxy) is 2. The van der Waals surface area contributed by atoms with Gasteiger partial charge < -0.3 is 14.6 Å². The molecule has 0 radical (unpaired) electrons. The number of fused-ring (bicyclic) bond motifs is 4. The highest BCUT2D eigenvalue weighted by atomic mass is 19.4. The molecule has 1 aromatic heterocycles. The van der Waals surface area contributed by atoms with E-state index in [1.807, 2.05) is 0 Å². The molecule has 2 unspecified atom stereocenters. The number of hydrogen-bond acceptors (Lipinski definition) is 5. The van der Waals surface area contributed by atoms with Crippen LogP contribution in [0.2, 0.25) is 0 Å². The van der Waals surface area contributed by atoms with Crippen molar-refractivity contribution in [1.29, 1.82) is 5.26 Å². The molecule has 1 N–H and O–H groups in total. The Morgan fingerprint density at radius 1 is 1.10 bits per heavy atom. The molecule has 5 nitrogen and oxygen atoms in total. The molecule has 2 atom stereocenters. The zero-order valence-electron chi connectivity index (χ0n) is 24.7. The Kier molecular flexibility index (Phi) is 8.04. The van der Waals surface area contributed by atoms with Gasteiger partial charge in [0, 0.05) is 48.6 Å². The van der Waals surface area contributed by atoms with Crippen LogP contribution in [-0.4, -0.2) is 23.3 Å². The standard InChI is InChI=1S/C28H29F3N2O3.C5H12/c1-15(2)24-22-23(21-19(33-24)12-26(5-6-26)13-20(21)34)27(7-9-35-10-8-27)36-25(22)16-3-4-18(28(29,30)31)17(11-16)14-32;1-4-5(2)3/h3-4,11,15,20,25,34H,5-10,12-13H2,1-2H3;5H,4H2,1-3H3. The molecule has 4 aliphatic rings. The van der Waals surface area contributed by atoms with E-state index in [1.54, 1.807) is 6.07 Å². The predicted molar refractivity (Wildman–Crippen MR) is 149 cm³/mol. The van der Waals surface area contributed by atoms with Crippen LogP contribution >= 0.6 is 0 Å². The van der Waals surface area contributed by atoms with Gasteiger partial charge >= 0.3 is 6.18 Å². The molecule has 41 heavy (non-hydrogen) atoms. The molecule has 2 aromatic rings. The van der Waals surface area contributed by atoms with Gasteiger partial charge in [-0.25, -0.2) is 0 Å². The third-order valence-electron chi connectivity index (χ3n) is 9.34. The fourth-order valence-electron chi connectivity index (χ4n) is 6.58. The molecule has 2 aliphatic carbocycles. The van der Waals surface area contributed by atoms with Crippen molar-refractivity contribution in [1.82, 2.24) is 4.98 Å². The second-order valence-corrected chi connectivity index (χ2v) is 13.0. The Labute approximate surface area is 241 Å². The molecule has 8 heteroatoms. The van der Waals surface area contributed by atoms with Crippen LogP contribution in [0.15, 0.2) is 18.2 Å². The van der Waals surface area contributed by atoms with Crippen molar-refractivity contribution >= 4 is 0 Å². The lowest BCUT2D eigenvalue weighted by Crippen LogP contribution is -2.36. The topological polar surface area (TPSA) is 75.4 Å². The molecule has 2 fully saturated rings. The minimum Gasteiger partial charge on any atom is -0.388 e. The van der Waals surface area contributed by atoms with Crippen molar-refractivity contribution in [3.63, 3.8) is 0 Å². The summed E-state index contributed by atoms with van der Waals surface area (Å²) in [4.78, 5) is 5.11. The zero-order valence-corrected chi connectivity index (χ0v) is 24.7. The lowest BCUT2D eigenvalue weighted by Gasteiger charge is -2.38. The van der Waals surface area contributed by atoms with E-state index in [9.17, 15) is 23.5 Å². The number of halogens is 3. The summed E-state index contributed by atoms with van der Waals surface area (Å²) in [5.41, 5.74) is 3.01. The number of pyridine rings is 1. The SMILES string of the molecule is CC(C)c1nc2c(c3c1C(c1ccc(C(F)(F)F)c(C#N)c1)OC31CCOCC1)C(O)CC1(CC1)C2.CCC(C)C. The van der Waals surface area contributed by atoms with E-state index in [4.69, 9.17) is 14.5 Å². The maximum atomic E-state index is 13.5. The van der Waals surface area contributed by atoms with Crippen LogP contribution < -0.4 is 0 Å². The predicted octanol–water partition coefficient (Wildman–Crippen LogP) is 8.03. The van der Waals surface area contributed by atoms with E-state index in [2.05, 4.69) is 34.6 Å². The summed E-state index contributed by atoms with van der Waals surface area (Å²) >= 11 is 0. The van der Waals surface area contributed by atoms with Gasteiger partial charge in [-0.2, -0.15) is 18.4 Å². The maximum Gasteiger partial charge on any atom is 0.417 e. The Hall–Kier alpha value is -2.47. The van der Waals surface area contributed by atoms with Crippen molar-refractivity contribution in [2.45, 2.75) is 109 Å². The highest BCUT2D eigenvalue weighted by molar-refractivity contribution is 5.56. The second-order valence-electron chi connectivity index (χ2n) is 13.0. The third-order valence-corrected chi connectivity index (χ3v) is 9.34. The van der Waals surface area contributed by atoms with Crippen molar-refractivity contribution < 1.29 is 27.8 Å². The summed E-state index contributed by atoms with van der Waals surface area (Å²) in [7, 11) is 0. The van der Waals surface area contributed by atoms with Crippen molar-refractivity contribution in [3.05, 3.63) is 63.0 Å². The van der Waals surface area contributed by atoms with Gasteiger partial charge in [-0.05, 0) is 66.2 Å². The van der Waals surface area contributed by atoms with Gasteiger partial charge in [-0.3, -0.25) is 4.98 Å². The Bertz CT molecular complexity index is 1330. The first-order chi connectivity index (χ1) is 19.3. The molecule has 1 saturated carbocycles. The number of alkyl halides is 3. The Balaban J connectivity index is 0.000000623. The number of aliphatic hydroxyl groups excluding tert-OH is 1. The number of hydrogen-bond donors (Lipinski definition) is 1. The number of nitrogens with zero attached hydrogens (tertiary/aromatic N) is 2. The molecule has 2 aliphatic heterocycles. The summed E-state index contributed by atoms with van der Waals surface area (Å²) in [6, 6.07) is 5.40. The van der Waals surface area contributed by atoms with Gasteiger partial charge in [0.1, 0.15) is 6.10 Å². The molecule has 1 aromatic carbocycles. The minimum atomic E-state index is -4.62. The van der Waals surface area contributed by atoms with Crippen LogP contribution in [0.1, 0.15) is 136 Å². The fraction of sp³-hybridized carbons (Fsp3) is 0.636. The quantitative estimate of drug-likeness (QED) is 0.404. The summed E-state index contributed by atoms with van der Waals surface area (Å²) in [6.45, 7) is 11.7. The number of benzene rings is 1. The van der Waals surface area contributed by atoms with Crippen LogP contribution in [-0.2, 0) is 27.7 Å². The first-order valence-corrected chi connectivity index (χ1v) is 15.0. The van der Waals surface area contributed by atoms with E-state index in [-0.39, 0.29) is 11.3 Å². The first kappa shape index (κ1) is 30.0. The van der Waals surface area contributed by atoms with Crippen LogP contribution in [0.4, 0.5) is 13.2 Å². The normalized spacial score (nSPS) is 23.7. The molecule has 2 spiro atoms. The van der Waals surface area contributed by atoms with Gasteiger partial charge in [0.05, 0.1) is 28.9 Å². The number of aromatic nitrogens is 1. The first-order valence-electron chi connectivity index (χ1n) is 15.0. The van der Waals surface area contributed by atoms with Crippen LogP contribution in [0.25, 0.3) is 0 Å². The average molecular weight is 571 g/mol. The van der Waals surface area contributed by atoms with Crippen molar-refractivity contribution in [2.75, 3.05) is 13.2 Å². The molecule has 6 rings (SSSR count). The summed E-state index contributed by atoms with van der Waals surface area (Å²) in [5, 5.41) is 20.9. The third kappa shape index (κ3) is 5.53. The van der Waals surface area contributed by atoms with E-state index < -0.39 is 35.1 Å². The monoisotopic (exact) mass is 570 g/mol. The zero-order chi connectivity index (χ0) is 29.7. The van der Waals surface area contributed by atoms with Crippen LogP contribution in [0.5, 0.6) is 0 Å². The molecule has 0 bridgehead atoms. The average Bonchev–Trinajstić information content (AvgIpc) is 3.59. The van der Waals surface area contributed by atoms with Gasteiger partial charge in [0.15, 0.2) is 0 Å². The molecule has 0 amide bonds. The molecule has 1 saturated heterocycles. The smallest absolute Gasteiger partial charge is 0.388 e. The highest BCUT2D eigenvalue weighted by Crippen LogP contribution is 2.62. The second kappa shape index (κ2) is 11.0. The number of nitriles is 1. The number of aliphatic hydroxyl groups is 1. The van der Waals surface area contributed by atoms with Gasteiger partial charge in [0.25, 0.3) is 0 Å². The summed E-state index contributed by atoms with van der Waals surface area (Å²) in [6.07, 6.45) is 0.275. The Morgan fingerprint density at radius 3 is 2.29 bits per heavy atom. The molecule has 3 heterocycles. The van der Waals surface area contributed by atoms with E-state index in [0.29, 0.717) is 38.0 Å². The number of rotatable bonds is 3. The summed E-state index contributed by atoms with van der Waals surface area (Å²) < 4.78 is 53.0. The van der Waals surface area contributed by atoms with Gasteiger partial charge in [0.2, 0.25) is 0 Å². The molecular formula is C33H41F3N2O3. The molecular weight excluding hydrogens is 529 g/mol. The van der Waals surface area contributed by atoms with E-state index >= 15 is 0 Å². The lowest BCUT2D eigenvalue weighted by atomic mass is 9.73. The summed E-state index contributed by atoms with van der Waals surface area (Å²) in [5.74, 6) is 0.930. The van der Waals surface area contributed by atoms with Crippen LogP contribution in [0.3, 0.4) is 0 Å². The maximum absolute atomic E-state index is 13.5. The fourth-order valence-corrected chi connectivity index (χ4v) is 6.58. The lowest BCUT2D eigenvalue weighted by molar-refractivity contribution is -0.138.